The highest BCUT2D eigenvalue weighted by molar-refractivity contribution is 5.81. The van der Waals surface area contributed by atoms with Gasteiger partial charge in [-0.15, -0.1) is 0 Å². The summed E-state index contributed by atoms with van der Waals surface area (Å²) in [6.45, 7) is 5.94. The number of hydrogen-bond acceptors (Lipinski definition) is 5. The summed E-state index contributed by atoms with van der Waals surface area (Å²) in [5, 5.41) is 7.21. The first-order valence-corrected chi connectivity index (χ1v) is 7.82. The summed E-state index contributed by atoms with van der Waals surface area (Å²) in [7, 11) is 0. The Kier molecular flexibility index (Phi) is 5.33. The first-order chi connectivity index (χ1) is 10.1. The van der Waals surface area contributed by atoms with Crippen LogP contribution in [0.3, 0.4) is 0 Å². The molecule has 0 aliphatic heterocycles. The first kappa shape index (κ1) is 15.9. The van der Waals surface area contributed by atoms with Gasteiger partial charge in [0.2, 0.25) is 11.8 Å². The van der Waals surface area contributed by atoms with E-state index in [1.807, 2.05) is 6.92 Å². The van der Waals surface area contributed by atoms with E-state index in [0.717, 1.165) is 25.7 Å². The summed E-state index contributed by atoms with van der Waals surface area (Å²) in [4.78, 5) is 16.7. The predicted molar refractivity (Wildman–Crippen MR) is 77.6 cm³/mol. The molecule has 118 valence electrons. The van der Waals surface area contributed by atoms with Crippen LogP contribution in [0.4, 0.5) is 0 Å². The number of aromatic nitrogens is 2. The molecule has 1 fully saturated rings. The molecule has 21 heavy (non-hydrogen) atoms. The molecule has 0 radical (unpaired) electrons. The Morgan fingerprint density at radius 3 is 2.57 bits per heavy atom. The Morgan fingerprint density at radius 2 is 2.05 bits per heavy atom. The van der Waals surface area contributed by atoms with Crippen molar-refractivity contribution >= 4 is 5.91 Å². The molecule has 0 bridgehead atoms. The fraction of sp³-hybridized carbons (Fsp3) is 0.800. The molecule has 1 unspecified atom stereocenters. The van der Waals surface area contributed by atoms with E-state index in [9.17, 15) is 4.79 Å². The molecular weight excluding hydrogens is 270 g/mol. The van der Waals surface area contributed by atoms with Crippen LogP contribution in [0.15, 0.2) is 4.52 Å². The smallest absolute Gasteiger partial charge is 0.249 e. The highest BCUT2D eigenvalue weighted by atomic mass is 16.5. The van der Waals surface area contributed by atoms with Gasteiger partial charge in [-0.3, -0.25) is 4.79 Å². The van der Waals surface area contributed by atoms with Crippen LogP contribution in [0.5, 0.6) is 0 Å². The minimum absolute atomic E-state index is 0.110. The van der Waals surface area contributed by atoms with Crippen molar-refractivity contribution in [2.75, 3.05) is 6.61 Å². The number of nitrogens with one attached hydrogen (secondary N) is 1. The minimum atomic E-state index is -0.517. The largest absolute Gasteiger partial charge is 0.369 e. The molecule has 1 aliphatic rings. The van der Waals surface area contributed by atoms with Crippen molar-refractivity contribution in [3.05, 3.63) is 11.7 Å². The van der Waals surface area contributed by atoms with Crippen LogP contribution >= 0.6 is 0 Å². The minimum Gasteiger partial charge on any atom is -0.369 e. The molecule has 1 aromatic heterocycles. The van der Waals surface area contributed by atoms with Gasteiger partial charge in [0.1, 0.15) is 11.6 Å². The Balaban J connectivity index is 2.21. The zero-order valence-corrected chi connectivity index (χ0v) is 13.1. The first-order valence-electron chi connectivity index (χ1n) is 7.82. The van der Waals surface area contributed by atoms with Crippen LogP contribution in [-0.4, -0.2) is 28.8 Å². The number of hydrogen-bond donors (Lipinski definition) is 1. The lowest BCUT2D eigenvalue weighted by atomic mass is 9.89. The molecule has 1 N–H and O–H groups in total. The Hall–Kier alpha value is -1.43. The van der Waals surface area contributed by atoms with Crippen molar-refractivity contribution in [2.24, 2.45) is 0 Å². The van der Waals surface area contributed by atoms with E-state index in [2.05, 4.69) is 15.5 Å². The van der Waals surface area contributed by atoms with Gasteiger partial charge >= 0.3 is 0 Å². The number of aryl methyl sites for hydroxylation is 1. The third kappa shape index (κ3) is 3.81. The third-order valence-electron chi connectivity index (χ3n) is 4.06. The maximum absolute atomic E-state index is 12.4. The van der Waals surface area contributed by atoms with Gasteiger partial charge in [-0.2, -0.15) is 4.98 Å². The quantitative estimate of drug-likeness (QED) is 0.844. The lowest BCUT2D eigenvalue weighted by Crippen LogP contribution is -2.50. The highest BCUT2D eigenvalue weighted by Crippen LogP contribution is 2.34. The molecule has 1 aromatic rings. The second-order valence-electron chi connectivity index (χ2n) is 5.72. The molecule has 6 heteroatoms. The number of carbonyl (C=O) groups is 1. The van der Waals surface area contributed by atoms with Crippen molar-refractivity contribution in [1.82, 2.24) is 15.5 Å². The van der Waals surface area contributed by atoms with E-state index in [1.165, 1.54) is 12.8 Å². The Morgan fingerprint density at radius 1 is 1.38 bits per heavy atom. The van der Waals surface area contributed by atoms with Crippen LogP contribution in [0.2, 0.25) is 0 Å². The highest BCUT2D eigenvalue weighted by Gasteiger charge is 2.39. The molecular formula is C15H25N3O3. The fourth-order valence-electron chi connectivity index (χ4n) is 2.89. The molecule has 1 atom stereocenters. The lowest BCUT2D eigenvalue weighted by molar-refractivity contribution is -0.134. The Bertz CT molecular complexity index is 464. The summed E-state index contributed by atoms with van der Waals surface area (Å²) in [5.74, 6) is 1.01. The SMILES string of the molecule is CCOC(C)C(=O)NC1(c2noc(C)n2)CCCCCC1. The van der Waals surface area contributed by atoms with Crippen molar-refractivity contribution in [1.29, 1.82) is 0 Å². The molecule has 1 amide bonds. The zero-order chi connectivity index (χ0) is 15.3. The summed E-state index contributed by atoms with van der Waals surface area (Å²) in [5.41, 5.74) is -0.517. The maximum atomic E-state index is 12.4. The second-order valence-corrected chi connectivity index (χ2v) is 5.72. The van der Waals surface area contributed by atoms with Gasteiger partial charge in [0.05, 0.1) is 0 Å². The van der Waals surface area contributed by atoms with Crippen LogP contribution < -0.4 is 5.32 Å². The molecule has 2 rings (SSSR count). The lowest BCUT2D eigenvalue weighted by Gasteiger charge is -2.31. The number of amides is 1. The second kappa shape index (κ2) is 7.02. The maximum Gasteiger partial charge on any atom is 0.249 e. The molecule has 1 heterocycles. The molecule has 0 aromatic carbocycles. The van der Waals surface area contributed by atoms with Crippen molar-refractivity contribution < 1.29 is 14.1 Å². The summed E-state index contributed by atoms with van der Waals surface area (Å²) < 4.78 is 10.5. The molecule has 1 aliphatic carbocycles. The van der Waals surface area contributed by atoms with Gasteiger partial charge in [-0.25, -0.2) is 0 Å². The van der Waals surface area contributed by atoms with Crippen molar-refractivity contribution in [3.63, 3.8) is 0 Å². The topological polar surface area (TPSA) is 77.2 Å². The summed E-state index contributed by atoms with van der Waals surface area (Å²) in [6.07, 6.45) is 5.68. The van der Waals surface area contributed by atoms with Gasteiger partial charge in [0.25, 0.3) is 0 Å². The van der Waals surface area contributed by atoms with Crippen molar-refractivity contribution in [3.8, 4) is 0 Å². The van der Waals surface area contributed by atoms with Gasteiger partial charge in [0.15, 0.2) is 5.82 Å². The normalized spacial score (nSPS) is 19.8. The standard InChI is InChI=1S/C15H25N3O3/c1-4-20-11(2)13(19)17-15(9-7-5-6-8-10-15)14-16-12(3)21-18-14/h11H,4-10H2,1-3H3,(H,17,19). The van der Waals surface area contributed by atoms with E-state index in [1.54, 1.807) is 13.8 Å². The van der Waals surface area contributed by atoms with Gasteiger partial charge in [0, 0.05) is 13.5 Å². The van der Waals surface area contributed by atoms with Crippen LogP contribution in [-0.2, 0) is 15.1 Å². The average Bonchev–Trinajstić information content (AvgIpc) is 2.76. The number of ether oxygens (including phenoxy) is 1. The van der Waals surface area contributed by atoms with E-state index >= 15 is 0 Å². The average molecular weight is 295 g/mol. The summed E-state index contributed by atoms with van der Waals surface area (Å²) in [6, 6.07) is 0. The van der Waals surface area contributed by atoms with Crippen LogP contribution in [0, 0.1) is 6.92 Å². The summed E-state index contributed by atoms with van der Waals surface area (Å²) >= 11 is 0. The number of nitrogens with zero attached hydrogens (tertiary/aromatic N) is 2. The van der Waals surface area contributed by atoms with E-state index in [4.69, 9.17) is 9.26 Å². The third-order valence-corrected chi connectivity index (χ3v) is 4.06. The van der Waals surface area contributed by atoms with Crippen molar-refractivity contribution in [2.45, 2.75) is 70.9 Å². The predicted octanol–water partition coefficient (Wildman–Crippen LogP) is 2.47. The molecule has 6 nitrogen and oxygen atoms in total. The monoisotopic (exact) mass is 295 g/mol. The molecule has 0 saturated heterocycles. The fourth-order valence-corrected chi connectivity index (χ4v) is 2.89. The number of rotatable bonds is 5. The number of carbonyl (C=O) groups excluding carboxylic acids is 1. The molecule has 0 spiro atoms. The zero-order valence-electron chi connectivity index (χ0n) is 13.1. The van der Waals surface area contributed by atoms with E-state index in [0.29, 0.717) is 18.3 Å². The van der Waals surface area contributed by atoms with Gasteiger partial charge in [-0.05, 0) is 26.7 Å². The molecule has 1 saturated carbocycles. The van der Waals surface area contributed by atoms with E-state index in [-0.39, 0.29) is 5.91 Å². The van der Waals surface area contributed by atoms with Gasteiger partial charge in [-0.1, -0.05) is 30.8 Å². The van der Waals surface area contributed by atoms with Gasteiger partial charge < -0.3 is 14.6 Å². The van der Waals surface area contributed by atoms with Crippen LogP contribution in [0.1, 0.15) is 64.1 Å². The van der Waals surface area contributed by atoms with Crippen LogP contribution in [0.25, 0.3) is 0 Å². The Labute approximate surface area is 125 Å². The van der Waals surface area contributed by atoms with E-state index < -0.39 is 11.6 Å².